The summed E-state index contributed by atoms with van der Waals surface area (Å²) < 4.78 is 5.98. The van der Waals surface area contributed by atoms with Crippen LogP contribution >= 0.6 is 0 Å². The highest BCUT2D eigenvalue weighted by atomic mass is 16.5. The molecular formula is C12H24N2O. The van der Waals surface area contributed by atoms with E-state index in [0.29, 0.717) is 6.10 Å². The monoisotopic (exact) mass is 212 g/mol. The van der Waals surface area contributed by atoms with Crippen molar-refractivity contribution in [2.24, 2.45) is 0 Å². The summed E-state index contributed by atoms with van der Waals surface area (Å²) in [6.07, 6.45) is 4.69. The van der Waals surface area contributed by atoms with Gasteiger partial charge in [-0.15, -0.1) is 0 Å². The molecule has 88 valence electrons. The summed E-state index contributed by atoms with van der Waals surface area (Å²) in [4.78, 5) is 0. The van der Waals surface area contributed by atoms with Gasteiger partial charge in [-0.1, -0.05) is 13.8 Å². The van der Waals surface area contributed by atoms with Gasteiger partial charge in [0.1, 0.15) is 11.9 Å². The van der Waals surface area contributed by atoms with Gasteiger partial charge in [0.2, 0.25) is 0 Å². The maximum atomic E-state index is 5.98. The standard InChI is InChI=1S/C12H24N2O/c1-4-10-9-14-11(5-2)12(15-10)7-6-8-13-3/h10,13-14H,4-9H2,1-3H3. The molecule has 3 nitrogen and oxygen atoms in total. The van der Waals surface area contributed by atoms with Crippen LogP contribution in [0.25, 0.3) is 0 Å². The van der Waals surface area contributed by atoms with Crippen molar-refractivity contribution in [3.05, 3.63) is 11.5 Å². The zero-order chi connectivity index (χ0) is 11.1. The first-order valence-electron chi connectivity index (χ1n) is 6.08. The Bertz CT molecular complexity index is 214. The molecule has 0 saturated carbocycles. The van der Waals surface area contributed by atoms with Gasteiger partial charge in [0.05, 0.1) is 6.54 Å². The van der Waals surface area contributed by atoms with Crippen molar-refractivity contribution in [2.45, 2.75) is 45.6 Å². The summed E-state index contributed by atoms with van der Waals surface area (Å²) in [5.41, 5.74) is 1.30. The van der Waals surface area contributed by atoms with Crippen molar-refractivity contribution < 1.29 is 4.74 Å². The van der Waals surface area contributed by atoms with E-state index in [1.165, 1.54) is 11.5 Å². The smallest absolute Gasteiger partial charge is 0.115 e. The third-order valence-corrected chi connectivity index (χ3v) is 2.83. The van der Waals surface area contributed by atoms with Gasteiger partial charge in [0.25, 0.3) is 0 Å². The molecule has 15 heavy (non-hydrogen) atoms. The largest absolute Gasteiger partial charge is 0.491 e. The van der Waals surface area contributed by atoms with Crippen molar-refractivity contribution in [3.8, 4) is 0 Å². The second kappa shape index (κ2) is 6.72. The van der Waals surface area contributed by atoms with Crippen molar-refractivity contribution in [1.29, 1.82) is 0 Å². The summed E-state index contributed by atoms with van der Waals surface area (Å²) in [5, 5.41) is 6.65. The normalized spacial score (nSPS) is 21.1. The molecule has 1 atom stereocenters. The van der Waals surface area contributed by atoms with Gasteiger partial charge < -0.3 is 15.4 Å². The lowest BCUT2D eigenvalue weighted by Gasteiger charge is -2.29. The highest BCUT2D eigenvalue weighted by molar-refractivity contribution is 5.10. The Hall–Kier alpha value is -0.700. The molecule has 1 unspecified atom stereocenters. The summed E-state index contributed by atoms with van der Waals surface area (Å²) in [6, 6.07) is 0. The highest BCUT2D eigenvalue weighted by Gasteiger charge is 2.18. The molecule has 1 aliphatic rings. The van der Waals surface area contributed by atoms with Gasteiger partial charge in [-0.3, -0.25) is 0 Å². The minimum atomic E-state index is 0.366. The maximum absolute atomic E-state index is 5.98. The number of hydrogen-bond acceptors (Lipinski definition) is 3. The van der Waals surface area contributed by atoms with E-state index in [1.807, 2.05) is 7.05 Å². The van der Waals surface area contributed by atoms with E-state index >= 15 is 0 Å². The summed E-state index contributed by atoms with van der Waals surface area (Å²) in [6.45, 7) is 6.38. The van der Waals surface area contributed by atoms with Gasteiger partial charge >= 0.3 is 0 Å². The second-order valence-electron chi connectivity index (χ2n) is 3.99. The number of allylic oxidation sites excluding steroid dienone is 2. The Morgan fingerprint density at radius 3 is 2.87 bits per heavy atom. The zero-order valence-corrected chi connectivity index (χ0v) is 10.2. The van der Waals surface area contributed by atoms with Gasteiger partial charge in [-0.05, 0) is 32.9 Å². The first-order chi connectivity index (χ1) is 7.31. The van der Waals surface area contributed by atoms with E-state index in [-0.39, 0.29) is 0 Å². The minimum absolute atomic E-state index is 0.366. The van der Waals surface area contributed by atoms with Crippen LogP contribution in [0.2, 0.25) is 0 Å². The molecule has 0 aromatic rings. The van der Waals surface area contributed by atoms with E-state index in [2.05, 4.69) is 24.5 Å². The Morgan fingerprint density at radius 1 is 1.47 bits per heavy atom. The molecular weight excluding hydrogens is 188 g/mol. The van der Waals surface area contributed by atoms with Gasteiger partial charge in [-0.25, -0.2) is 0 Å². The molecule has 0 amide bonds. The van der Waals surface area contributed by atoms with Gasteiger partial charge in [0, 0.05) is 12.1 Å². The van der Waals surface area contributed by atoms with E-state index in [9.17, 15) is 0 Å². The van der Waals surface area contributed by atoms with Gasteiger partial charge in [-0.2, -0.15) is 0 Å². The van der Waals surface area contributed by atoms with Crippen LogP contribution in [0.5, 0.6) is 0 Å². The Kier molecular flexibility index (Phi) is 5.54. The van der Waals surface area contributed by atoms with Crippen LogP contribution in [-0.4, -0.2) is 26.2 Å². The average Bonchev–Trinajstić information content (AvgIpc) is 2.29. The molecule has 0 aliphatic carbocycles. The first kappa shape index (κ1) is 12.4. The molecule has 2 N–H and O–H groups in total. The lowest BCUT2D eigenvalue weighted by atomic mass is 10.1. The van der Waals surface area contributed by atoms with E-state index in [0.717, 1.165) is 38.8 Å². The minimum Gasteiger partial charge on any atom is -0.491 e. The molecule has 1 rings (SSSR count). The molecule has 0 fully saturated rings. The molecule has 1 heterocycles. The fourth-order valence-electron chi connectivity index (χ4n) is 1.83. The van der Waals surface area contributed by atoms with Crippen LogP contribution in [0.4, 0.5) is 0 Å². The topological polar surface area (TPSA) is 33.3 Å². The molecule has 0 aromatic carbocycles. The average molecular weight is 212 g/mol. The summed E-state index contributed by atoms with van der Waals surface area (Å²) in [7, 11) is 1.99. The lowest BCUT2D eigenvalue weighted by Crippen LogP contribution is -2.34. The Morgan fingerprint density at radius 2 is 2.27 bits per heavy atom. The number of rotatable bonds is 6. The van der Waals surface area contributed by atoms with Crippen LogP contribution in [0.1, 0.15) is 39.5 Å². The molecule has 0 bridgehead atoms. The van der Waals surface area contributed by atoms with Crippen LogP contribution in [0.3, 0.4) is 0 Å². The van der Waals surface area contributed by atoms with E-state index < -0.39 is 0 Å². The molecule has 1 aliphatic heterocycles. The van der Waals surface area contributed by atoms with Gasteiger partial charge in [0.15, 0.2) is 0 Å². The third-order valence-electron chi connectivity index (χ3n) is 2.83. The fraction of sp³-hybridized carbons (Fsp3) is 0.833. The van der Waals surface area contributed by atoms with Crippen molar-refractivity contribution in [3.63, 3.8) is 0 Å². The SMILES string of the molecule is CCC1=C(CCCNC)OC(CC)CN1. The van der Waals surface area contributed by atoms with E-state index in [1.54, 1.807) is 0 Å². The highest BCUT2D eigenvalue weighted by Crippen LogP contribution is 2.20. The molecule has 3 heteroatoms. The van der Waals surface area contributed by atoms with Crippen LogP contribution in [0.15, 0.2) is 11.5 Å². The summed E-state index contributed by atoms with van der Waals surface area (Å²) >= 11 is 0. The Labute approximate surface area is 93.3 Å². The molecule has 0 aromatic heterocycles. The molecule has 0 radical (unpaired) electrons. The molecule has 0 spiro atoms. The quantitative estimate of drug-likeness (QED) is 0.661. The lowest BCUT2D eigenvalue weighted by molar-refractivity contribution is 0.0854. The summed E-state index contributed by atoms with van der Waals surface area (Å²) in [5.74, 6) is 1.19. The van der Waals surface area contributed by atoms with E-state index in [4.69, 9.17) is 4.74 Å². The Balaban J connectivity index is 2.49. The predicted octanol–water partition coefficient (Wildman–Crippen LogP) is 2.01. The second-order valence-corrected chi connectivity index (χ2v) is 3.99. The molecule has 0 saturated heterocycles. The fourth-order valence-corrected chi connectivity index (χ4v) is 1.83. The van der Waals surface area contributed by atoms with Crippen LogP contribution in [0, 0.1) is 0 Å². The third kappa shape index (κ3) is 3.74. The van der Waals surface area contributed by atoms with Crippen molar-refractivity contribution >= 4 is 0 Å². The predicted molar refractivity (Wildman–Crippen MR) is 63.6 cm³/mol. The van der Waals surface area contributed by atoms with Crippen molar-refractivity contribution in [2.75, 3.05) is 20.1 Å². The zero-order valence-electron chi connectivity index (χ0n) is 10.2. The maximum Gasteiger partial charge on any atom is 0.115 e. The number of hydrogen-bond donors (Lipinski definition) is 2. The number of ether oxygens (including phenoxy) is 1. The van der Waals surface area contributed by atoms with Crippen LogP contribution in [-0.2, 0) is 4.74 Å². The first-order valence-corrected chi connectivity index (χ1v) is 6.08. The number of nitrogens with one attached hydrogen (secondary N) is 2. The van der Waals surface area contributed by atoms with Crippen LogP contribution < -0.4 is 10.6 Å². The van der Waals surface area contributed by atoms with Crippen molar-refractivity contribution in [1.82, 2.24) is 10.6 Å².